The third-order valence-corrected chi connectivity index (χ3v) is 7.35. The Bertz CT molecular complexity index is 1110. The van der Waals surface area contributed by atoms with Gasteiger partial charge in [0.25, 0.3) is 11.8 Å². The third kappa shape index (κ3) is 4.32. The second-order valence-corrected chi connectivity index (χ2v) is 9.77. The summed E-state index contributed by atoms with van der Waals surface area (Å²) in [6.45, 7) is 3.36. The molecule has 3 amide bonds. The SMILES string of the molecule is CC(=O)Nc1cccc(-c2ccc(C(=O)N3CCN(C(=O)C4(O)CC4)CC3)cc2)c1C1CCC1. The molecule has 0 bridgehead atoms. The molecule has 34 heavy (non-hydrogen) atoms. The van der Waals surface area contributed by atoms with Crippen molar-refractivity contribution in [2.75, 3.05) is 31.5 Å². The number of aliphatic hydroxyl groups is 1. The fourth-order valence-electron chi connectivity index (χ4n) is 4.97. The average Bonchev–Trinajstić information content (AvgIpc) is 3.56. The number of rotatable bonds is 5. The van der Waals surface area contributed by atoms with Crippen LogP contribution >= 0.6 is 0 Å². The predicted molar refractivity (Wildman–Crippen MR) is 129 cm³/mol. The Hall–Kier alpha value is -3.19. The zero-order chi connectivity index (χ0) is 23.9. The van der Waals surface area contributed by atoms with Crippen LogP contribution in [-0.4, -0.2) is 64.4 Å². The van der Waals surface area contributed by atoms with Gasteiger partial charge in [-0.1, -0.05) is 30.7 Å². The van der Waals surface area contributed by atoms with Crippen LogP contribution in [0.3, 0.4) is 0 Å². The molecule has 2 saturated carbocycles. The van der Waals surface area contributed by atoms with Crippen LogP contribution in [0.15, 0.2) is 42.5 Å². The highest BCUT2D eigenvalue weighted by atomic mass is 16.3. The quantitative estimate of drug-likeness (QED) is 0.714. The molecule has 5 rings (SSSR count). The normalized spacial score (nSPS) is 19.4. The monoisotopic (exact) mass is 461 g/mol. The van der Waals surface area contributed by atoms with Crippen molar-refractivity contribution in [1.29, 1.82) is 0 Å². The molecule has 1 heterocycles. The van der Waals surface area contributed by atoms with Gasteiger partial charge < -0.3 is 20.2 Å². The number of benzene rings is 2. The topological polar surface area (TPSA) is 90.0 Å². The molecule has 2 aromatic carbocycles. The maximum atomic E-state index is 13.1. The second kappa shape index (κ2) is 8.87. The van der Waals surface area contributed by atoms with Gasteiger partial charge in [0, 0.05) is 44.4 Å². The van der Waals surface area contributed by atoms with Crippen molar-refractivity contribution < 1.29 is 19.5 Å². The van der Waals surface area contributed by atoms with Gasteiger partial charge in [-0.05, 0) is 66.5 Å². The average molecular weight is 462 g/mol. The lowest BCUT2D eigenvalue weighted by atomic mass is 9.76. The fourth-order valence-corrected chi connectivity index (χ4v) is 4.97. The van der Waals surface area contributed by atoms with Gasteiger partial charge in [-0.25, -0.2) is 0 Å². The fraction of sp³-hybridized carbons (Fsp3) is 0.444. The lowest BCUT2D eigenvalue weighted by Crippen LogP contribution is -2.53. The van der Waals surface area contributed by atoms with E-state index in [1.165, 1.54) is 18.9 Å². The van der Waals surface area contributed by atoms with Gasteiger partial charge >= 0.3 is 0 Å². The van der Waals surface area contributed by atoms with Crippen molar-refractivity contribution in [2.24, 2.45) is 0 Å². The van der Waals surface area contributed by atoms with Crippen LogP contribution in [0.1, 0.15) is 60.9 Å². The molecule has 3 aliphatic rings. The molecule has 0 atom stereocenters. The number of nitrogens with zero attached hydrogens (tertiary/aromatic N) is 2. The summed E-state index contributed by atoms with van der Waals surface area (Å²) in [4.78, 5) is 40.6. The Morgan fingerprint density at radius 1 is 0.941 bits per heavy atom. The summed E-state index contributed by atoms with van der Waals surface area (Å²) in [5.74, 6) is 0.113. The molecule has 7 heteroatoms. The highest BCUT2D eigenvalue weighted by Gasteiger charge is 2.50. The van der Waals surface area contributed by atoms with Gasteiger partial charge in [-0.2, -0.15) is 0 Å². The van der Waals surface area contributed by atoms with Crippen LogP contribution in [0.5, 0.6) is 0 Å². The van der Waals surface area contributed by atoms with Crippen LogP contribution in [0, 0.1) is 0 Å². The van der Waals surface area contributed by atoms with Crippen LogP contribution in [0.2, 0.25) is 0 Å². The summed E-state index contributed by atoms with van der Waals surface area (Å²) in [5, 5.41) is 13.0. The zero-order valence-electron chi connectivity index (χ0n) is 19.5. The molecule has 2 aliphatic carbocycles. The van der Waals surface area contributed by atoms with Gasteiger partial charge in [0.05, 0.1) is 0 Å². The van der Waals surface area contributed by atoms with E-state index in [0.29, 0.717) is 50.5 Å². The van der Waals surface area contributed by atoms with E-state index in [-0.39, 0.29) is 17.7 Å². The zero-order valence-corrected chi connectivity index (χ0v) is 19.5. The first-order valence-electron chi connectivity index (χ1n) is 12.2. The van der Waals surface area contributed by atoms with E-state index in [1.54, 1.807) is 9.80 Å². The van der Waals surface area contributed by atoms with Crippen molar-refractivity contribution in [2.45, 2.75) is 50.5 Å². The standard InChI is InChI=1S/C27H31N3O4/c1-18(31)28-23-7-3-6-22(24(23)20-4-2-5-20)19-8-10-21(11-9-19)25(32)29-14-16-30(17-15-29)26(33)27(34)12-13-27/h3,6-11,20,34H,2,4-5,12-17H2,1H3,(H,28,31). The molecule has 7 nitrogen and oxygen atoms in total. The van der Waals surface area contributed by atoms with Crippen molar-refractivity contribution in [1.82, 2.24) is 9.80 Å². The summed E-state index contributed by atoms with van der Waals surface area (Å²) in [7, 11) is 0. The van der Waals surface area contributed by atoms with Crippen LogP contribution < -0.4 is 5.32 Å². The summed E-state index contributed by atoms with van der Waals surface area (Å²) in [5.41, 5.74) is 3.64. The molecule has 178 valence electrons. The van der Waals surface area contributed by atoms with E-state index < -0.39 is 5.60 Å². The second-order valence-electron chi connectivity index (χ2n) is 9.77. The maximum absolute atomic E-state index is 13.1. The predicted octanol–water partition coefficient (Wildman–Crippen LogP) is 3.39. The number of nitrogens with one attached hydrogen (secondary N) is 1. The molecule has 0 spiro atoms. The minimum absolute atomic E-state index is 0.0463. The minimum Gasteiger partial charge on any atom is -0.380 e. The van der Waals surface area contributed by atoms with Gasteiger partial charge in [-0.3, -0.25) is 14.4 Å². The van der Waals surface area contributed by atoms with E-state index in [9.17, 15) is 19.5 Å². The number of carbonyl (C=O) groups is 3. The maximum Gasteiger partial charge on any atom is 0.254 e. The van der Waals surface area contributed by atoms with Crippen LogP contribution in [0.4, 0.5) is 5.69 Å². The molecular weight excluding hydrogens is 430 g/mol. The van der Waals surface area contributed by atoms with Gasteiger partial charge in [-0.15, -0.1) is 0 Å². The molecular formula is C27H31N3O4. The number of hydrogen-bond donors (Lipinski definition) is 2. The molecule has 0 aromatic heterocycles. The van der Waals surface area contributed by atoms with Gasteiger partial charge in [0.2, 0.25) is 5.91 Å². The number of amides is 3. The molecule has 2 aromatic rings. The summed E-state index contributed by atoms with van der Waals surface area (Å²) in [6, 6.07) is 13.7. The number of anilines is 1. The first-order chi connectivity index (χ1) is 16.4. The lowest BCUT2D eigenvalue weighted by molar-refractivity contribution is -0.143. The van der Waals surface area contributed by atoms with E-state index in [2.05, 4.69) is 11.4 Å². The summed E-state index contributed by atoms with van der Waals surface area (Å²) in [6.07, 6.45) is 4.50. The van der Waals surface area contributed by atoms with Gasteiger partial charge in [0.1, 0.15) is 5.60 Å². The first-order valence-corrected chi connectivity index (χ1v) is 12.2. The smallest absolute Gasteiger partial charge is 0.254 e. The van der Waals surface area contributed by atoms with E-state index in [4.69, 9.17) is 0 Å². The Morgan fingerprint density at radius 3 is 2.15 bits per heavy atom. The Kier molecular flexibility index (Phi) is 5.90. The Balaban J connectivity index is 1.30. The summed E-state index contributed by atoms with van der Waals surface area (Å²) < 4.78 is 0. The van der Waals surface area contributed by atoms with Crippen molar-refractivity contribution in [3.05, 3.63) is 53.6 Å². The van der Waals surface area contributed by atoms with Gasteiger partial charge in [0.15, 0.2) is 0 Å². The largest absolute Gasteiger partial charge is 0.380 e. The highest BCUT2D eigenvalue weighted by Crippen LogP contribution is 2.45. The Morgan fingerprint density at radius 2 is 1.59 bits per heavy atom. The van der Waals surface area contributed by atoms with E-state index in [1.807, 2.05) is 36.4 Å². The summed E-state index contributed by atoms with van der Waals surface area (Å²) >= 11 is 0. The minimum atomic E-state index is -1.16. The number of hydrogen-bond acceptors (Lipinski definition) is 4. The third-order valence-electron chi connectivity index (χ3n) is 7.35. The molecule has 1 aliphatic heterocycles. The highest BCUT2D eigenvalue weighted by molar-refractivity contribution is 5.96. The number of piperazine rings is 1. The van der Waals surface area contributed by atoms with Crippen molar-refractivity contribution in [3.8, 4) is 11.1 Å². The van der Waals surface area contributed by atoms with Crippen LogP contribution in [-0.2, 0) is 9.59 Å². The van der Waals surface area contributed by atoms with Crippen LogP contribution in [0.25, 0.3) is 11.1 Å². The van der Waals surface area contributed by atoms with Crippen molar-refractivity contribution in [3.63, 3.8) is 0 Å². The molecule has 0 radical (unpaired) electrons. The Labute approximate surface area is 199 Å². The van der Waals surface area contributed by atoms with E-state index >= 15 is 0 Å². The van der Waals surface area contributed by atoms with E-state index in [0.717, 1.165) is 29.7 Å². The molecule has 0 unspecified atom stereocenters. The molecule has 3 fully saturated rings. The lowest BCUT2D eigenvalue weighted by Gasteiger charge is -2.35. The first kappa shape index (κ1) is 22.6. The van der Waals surface area contributed by atoms with Crippen molar-refractivity contribution >= 4 is 23.4 Å². The molecule has 2 N–H and O–H groups in total. The molecule has 1 saturated heterocycles. The number of carbonyl (C=O) groups excluding carboxylic acids is 3.